The summed E-state index contributed by atoms with van der Waals surface area (Å²) in [4.78, 5) is 6.37. The van der Waals surface area contributed by atoms with Gasteiger partial charge in [-0.15, -0.1) is 0 Å². The van der Waals surface area contributed by atoms with Crippen LogP contribution in [0.25, 0.3) is 0 Å². The SMILES string of the molecule is CN(CCc1cccc(N)c1)c1ccc(Cl)cn1. The molecule has 4 heteroatoms. The van der Waals surface area contributed by atoms with Crippen LogP contribution in [0.5, 0.6) is 0 Å². The Morgan fingerprint density at radius 1 is 1.28 bits per heavy atom. The number of nitrogens with zero attached hydrogens (tertiary/aromatic N) is 2. The second kappa shape index (κ2) is 5.74. The lowest BCUT2D eigenvalue weighted by molar-refractivity contribution is 0.860. The number of likely N-dealkylation sites (N-methyl/N-ethyl adjacent to an activating group) is 1. The van der Waals surface area contributed by atoms with Crippen molar-refractivity contribution in [1.29, 1.82) is 0 Å². The molecule has 94 valence electrons. The third-order valence-corrected chi connectivity index (χ3v) is 3.01. The van der Waals surface area contributed by atoms with E-state index in [-0.39, 0.29) is 0 Å². The molecule has 0 aliphatic carbocycles. The highest BCUT2D eigenvalue weighted by molar-refractivity contribution is 6.30. The van der Waals surface area contributed by atoms with Gasteiger partial charge in [-0.2, -0.15) is 0 Å². The van der Waals surface area contributed by atoms with Gasteiger partial charge in [0.1, 0.15) is 5.82 Å². The zero-order chi connectivity index (χ0) is 13.0. The maximum absolute atomic E-state index is 5.81. The molecule has 1 aromatic heterocycles. The quantitative estimate of drug-likeness (QED) is 0.861. The summed E-state index contributed by atoms with van der Waals surface area (Å²) in [7, 11) is 2.02. The molecule has 0 radical (unpaired) electrons. The van der Waals surface area contributed by atoms with Crippen LogP contribution in [-0.4, -0.2) is 18.6 Å². The lowest BCUT2D eigenvalue weighted by Crippen LogP contribution is -2.21. The molecule has 1 heterocycles. The van der Waals surface area contributed by atoms with E-state index in [9.17, 15) is 0 Å². The van der Waals surface area contributed by atoms with Gasteiger partial charge in [0.15, 0.2) is 0 Å². The molecule has 0 saturated carbocycles. The number of pyridine rings is 1. The minimum Gasteiger partial charge on any atom is -0.399 e. The second-order valence-electron chi connectivity index (χ2n) is 4.25. The van der Waals surface area contributed by atoms with Gasteiger partial charge in [0, 0.05) is 25.5 Å². The van der Waals surface area contributed by atoms with Gasteiger partial charge in [-0.25, -0.2) is 4.98 Å². The molecule has 0 aliphatic heterocycles. The van der Waals surface area contributed by atoms with Crippen LogP contribution >= 0.6 is 11.6 Å². The van der Waals surface area contributed by atoms with Gasteiger partial charge in [-0.1, -0.05) is 23.7 Å². The molecule has 0 spiro atoms. The Labute approximate surface area is 112 Å². The zero-order valence-electron chi connectivity index (χ0n) is 10.3. The van der Waals surface area contributed by atoms with E-state index < -0.39 is 0 Å². The van der Waals surface area contributed by atoms with Gasteiger partial charge >= 0.3 is 0 Å². The summed E-state index contributed by atoms with van der Waals surface area (Å²) in [6, 6.07) is 11.7. The minimum atomic E-state index is 0.656. The van der Waals surface area contributed by atoms with E-state index in [4.69, 9.17) is 17.3 Å². The molecule has 2 N–H and O–H groups in total. The van der Waals surface area contributed by atoms with Crippen molar-refractivity contribution in [2.24, 2.45) is 0 Å². The lowest BCUT2D eigenvalue weighted by atomic mass is 10.1. The first-order valence-corrected chi connectivity index (χ1v) is 6.20. The average Bonchev–Trinajstić information content (AvgIpc) is 2.37. The van der Waals surface area contributed by atoms with E-state index in [1.807, 2.05) is 37.4 Å². The number of aromatic nitrogens is 1. The fraction of sp³-hybridized carbons (Fsp3) is 0.214. The molecule has 0 aliphatic rings. The molecule has 0 unspecified atom stereocenters. The molecule has 2 aromatic rings. The summed E-state index contributed by atoms with van der Waals surface area (Å²) in [5.41, 5.74) is 7.79. The van der Waals surface area contributed by atoms with E-state index in [0.29, 0.717) is 5.02 Å². The fourth-order valence-electron chi connectivity index (χ4n) is 1.75. The summed E-state index contributed by atoms with van der Waals surface area (Å²) in [6.07, 6.45) is 2.60. The molecule has 0 saturated heterocycles. The minimum absolute atomic E-state index is 0.656. The van der Waals surface area contributed by atoms with Crippen LogP contribution in [0.1, 0.15) is 5.56 Å². The Balaban J connectivity index is 1.96. The van der Waals surface area contributed by atoms with Crippen molar-refractivity contribution in [3.63, 3.8) is 0 Å². The number of hydrogen-bond donors (Lipinski definition) is 1. The molecule has 2 rings (SSSR count). The Morgan fingerprint density at radius 3 is 2.78 bits per heavy atom. The molecule has 18 heavy (non-hydrogen) atoms. The first kappa shape index (κ1) is 12.7. The standard InChI is InChI=1S/C14H16ClN3/c1-18(14-6-5-12(15)10-17-14)8-7-11-3-2-4-13(16)9-11/h2-6,9-10H,7-8,16H2,1H3. The van der Waals surface area contributed by atoms with Crippen molar-refractivity contribution in [1.82, 2.24) is 4.98 Å². The smallest absolute Gasteiger partial charge is 0.128 e. The molecular formula is C14H16ClN3. The van der Waals surface area contributed by atoms with Crippen molar-refractivity contribution >= 4 is 23.1 Å². The van der Waals surface area contributed by atoms with Gasteiger partial charge in [0.05, 0.1) is 5.02 Å². The van der Waals surface area contributed by atoms with Crippen LogP contribution in [-0.2, 0) is 6.42 Å². The topological polar surface area (TPSA) is 42.1 Å². The number of benzene rings is 1. The van der Waals surface area contributed by atoms with Crippen molar-refractivity contribution < 1.29 is 0 Å². The fourth-order valence-corrected chi connectivity index (χ4v) is 1.87. The lowest BCUT2D eigenvalue weighted by Gasteiger charge is -2.18. The largest absolute Gasteiger partial charge is 0.399 e. The average molecular weight is 262 g/mol. The van der Waals surface area contributed by atoms with E-state index in [2.05, 4.69) is 16.0 Å². The summed E-state index contributed by atoms with van der Waals surface area (Å²) in [5.74, 6) is 0.920. The number of hydrogen-bond acceptors (Lipinski definition) is 3. The van der Waals surface area contributed by atoms with Crippen molar-refractivity contribution in [2.45, 2.75) is 6.42 Å². The van der Waals surface area contributed by atoms with Crippen LogP contribution < -0.4 is 10.6 Å². The third-order valence-electron chi connectivity index (χ3n) is 2.79. The van der Waals surface area contributed by atoms with Crippen molar-refractivity contribution in [3.05, 3.63) is 53.2 Å². The van der Waals surface area contributed by atoms with Gasteiger partial charge in [0.25, 0.3) is 0 Å². The predicted octanol–water partition coefficient (Wildman–Crippen LogP) is 3.00. The molecule has 1 aromatic carbocycles. The number of rotatable bonds is 4. The molecule has 0 atom stereocenters. The van der Waals surface area contributed by atoms with E-state index in [1.54, 1.807) is 6.20 Å². The molecule has 0 bridgehead atoms. The Hall–Kier alpha value is -1.74. The van der Waals surface area contributed by atoms with E-state index in [1.165, 1.54) is 5.56 Å². The highest BCUT2D eigenvalue weighted by Gasteiger charge is 2.02. The van der Waals surface area contributed by atoms with Gasteiger partial charge in [-0.3, -0.25) is 0 Å². The molecular weight excluding hydrogens is 246 g/mol. The normalized spacial score (nSPS) is 10.3. The maximum atomic E-state index is 5.81. The van der Waals surface area contributed by atoms with Crippen LogP contribution in [0.2, 0.25) is 5.02 Å². The Bertz CT molecular complexity index is 511. The van der Waals surface area contributed by atoms with Gasteiger partial charge < -0.3 is 10.6 Å². The molecule has 0 fully saturated rings. The van der Waals surface area contributed by atoms with Gasteiger partial charge in [0.2, 0.25) is 0 Å². The van der Waals surface area contributed by atoms with Crippen molar-refractivity contribution in [3.8, 4) is 0 Å². The molecule has 0 amide bonds. The predicted molar refractivity (Wildman–Crippen MR) is 77.1 cm³/mol. The number of anilines is 2. The number of nitrogen functional groups attached to an aromatic ring is 1. The number of nitrogens with two attached hydrogens (primary N) is 1. The third kappa shape index (κ3) is 3.37. The molecule has 3 nitrogen and oxygen atoms in total. The Kier molecular flexibility index (Phi) is 4.05. The summed E-state index contributed by atoms with van der Waals surface area (Å²) in [5, 5.41) is 0.656. The Morgan fingerprint density at radius 2 is 2.11 bits per heavy atom. The summed E-state index contributed by atoms with van der Waals surface area (Å²) in [6.45, 7) is 0.887. The highest BCUT2D eigenvalue weighted by Crippen LogP contribution is 2.14. The van der Waals surface area contributed by atoms with Crippen LogP contribution in [0.3, 0.4) is 0 Å². The van der Waals surface area contributed by atoms with Gasteiger partial charge in [-0.05, 0) is 36.2 Å². The highest BCUT2D eigenvalue weighted by atomic mass is 35.5. The van der Waals surface area contributed by atoms with Crippen molar-refractivity contribution in [2.75, 3.05) is 24.2 Å². The second-order valence-corrected chi connectivity index (χ2v) is 4.69. The van der Waals surface area contributed by atoms with Crippen LogP contribution in [0, 0.1) is 0 Å². The van der Waals surface area contributed by atoms with Crippen LogP contribution in [0.15, 0.2) is 42.6 Å². The first-order chi connectivity index (χ1) is 8.65. The van der Waals surface area contributed by atoms with E-state index >= 15 is 0 Å². The summed E-state index contributed by atoms with van der Waals surface area (Å²) >= 11 is 5.81. The summed E-state index contributed by atoms with van der Waals surface area (Å²) < 4.78 is 0. The van der Waals surface area contributed by atoms with Crippen LogP contribution in [0.4, 0.5) is 11.5 Å². The number of halogens is 1. The first-order valence-electron chi connectivity index (χ1n) is 5.82. The monoisotopic (exact) mass is 261 g/mol. The van der Waals surface area contributed by atoms with E-state index in [0.717, 1.165) is 24.5 Å². The maximum Gasteiger partial charge on any atom is 0.128 e. The zero-order valence-corrected chi connectivity index (χ0v) is 11.1.